The third-order valence-electron chi connectivity index (χ3n) is 0.903. The van der Waals surface area contributed by atoms with Crippen molar-refractivity contribution in [1.82, 2.24) is 0 Å². The molecule has 0 unspecified atom stereocenters. The van der Waals surface area contributed by atoms with E-state index in [9.17, 15) is 13.2 Å². The number of rotatable bonds is 4. The molecule has 0 radical (unpaired) electrons. The highest BCUT2D eigenvalue weighted by Gasteiger charge is 2.41. The van der Waals surface area contributed by atoms with Crippen LogP contribution in [0.5, 0.6) is 0 Å². The molecule has 0 aromatic heterocycles. The molecule has 0 aliphatic heterocycles. The topological polar surface area (TPSA) is 18.5 Å². The first kappa shape index (κ1) is 10.7. The van der Waals surface area contributed by atoms with E-state index in [1.54, 1.807) is 0 Å². The smallest absolute Gasteiger partial charge is 0.345 e. The van der Waals surface area contributed by atoms with Gasteiger partial charge in [0.05, 0.1) is 0 Å². The van der Waals surface area contributed by atoms with Crippen molar-refractivity contribution < 1.29 is 22.6 Å². The summed E-state index contributed by atoms with van der Waals surface area (Å²) >= 11 is 0. The zero-order chi connectivity index (χ0) is 8.91. The Hall–Kier alpha value is -0.290. The molecule has 0 aromatic carbocycles. The van der Waals surface area contributed by atoms with Gasteiger partial charge in [0.15, 0.2) is 0 Å². The second kappa shape index (κ2) is 4.56. The molecule has 5 heteroatoms. The van der Waals surface area contributed by atoms with Gasteiger partial charge in [-0.3, -0.25) is 0 Å². The lowest BCUT2D eigenvalue weighted by molar-refractivity contribution is -0.307. The van der Waals surface area contributed by atoms with E-state index in [0.29, 0.717) is 0 Å². The Morgan fingerprint density at radius 3 is 1.64 bits per heavy atom. The second-order valence-corrected chi connectivity index (χ2v) is 1.78. The van der Waals surface area contributed by atoms with E-state index in [0.717, 1.165) is 0 Å². The predicted molar refractivity (Wildman–Crippen MR) is 33.1 cm³/mol. The summed E-state index contributed by atoms with van der Waals surface area (Å²) in [7, 11) is 0. The third-order valence-corrected chi connectivity index (χ3v) is 0.903. The first-order chi connectivity index (χ1) is 5.02. The molecule has 0 saturated carbocycles. The highest BCUT2D eigenvalue weighted by molar-refractivity contribution is 4.55. The number of hydrogen-bond donors (Lipinski definition) is 0. The second-order valence-electron chi connectivity index (χ2n) is 1.78. The molecule has 0 aliphatic carbocycles. The summed E-state index contributed by atoms with van der Waals surface area (Å²) in [5.41, 5.74) is 0. The van der Waals surface area contributed by atoms with E-state index in [-0.39, 0.29) is 13.2 Å². The molecule has 0 heterocycles. The molecule has 0 atom stereocenters. The number of hydrogen-bond acceptors (Lipinski definition) is 2. The van der Waals surface area contributed by atoms with Crippen LogP contribution in [0, 0.1) is 0 Å². The lowest BCUT2D eigenvalue weighted by Gasteiger charge is -2.19. The van der Waals surface area contributed by atoms with E-state index in [1.165, 1.54) is 13.8 Å². The monoisotopic (exact) mass is 172 g/mol. The van der Waals surface area contributed by atoms with Crippen molar-refractivity contribution in [2.24, 2.45) is 0 Å². The van der Waals surface area contributed by atoms with Crippen molar-refractivity contribution in [1.29, 1.82) is 0 Å². The van der Waals surface area contributed by atoms with Crippen LogP contribution in [0.25, 0.3) is 0 Å². The summed E-state index contributed by atoms with van der Waals surface area (Å²) in [5, 5.41) is 0. The Morgan fingerprint density at radius 1 is 1.09 bits per heavy atom. The zero-order valence-corrected chi connectivity index (χ0v) is 6.44. The van der Waals surface area contributed by atoms with E-state index in [2.05, 4.69) is 9.47 Å². The molecular weight excluding hydrogens is 161 g/mol. The fraction of sp³-hybridized carbons (Fsp3) is 1.00. The predicted octanol–water partition coefficient (Wildman–Crippen LogP) is 1.95. The summed E-state index contributed by atoms with van der Waals surface area (Å²) in [6, 6.07) is 0. The van der Waals surface area contributed by atoms with Crippen molar-refractivity contribution in [3.63, 3.8) is 0 Å². The Kier molecular flexibility index (Phi) is 4.44. The van der Waals surface area contributed by atoms with Crippen molar-refractivity contribution in [3.05, 3.63) is 0 Å². The van der Waals surface area contributed by atoms with Crippen LogP contribution in [0.2, 0.25) is 0 Å². The molecule has 2 nitrogen and oxygen atoms in total. The molecule has 0 spiro atoms. The van der Waals surface area contributed by atoms with Crippen LogP contribution in [0.3, 0.4) is 0 Å². The fourth-order valence-electron chi connectivity index (χ4n) is 0.540. The van der Waals surface area contributed by atoms with Gasteiger partial charge in [-0.2, -0.15) is 13.2 Å². The Labute approximate surface area is 63.3 Å². The van der Waals surface area contributed by atoms with Gasteiger partial charge < -0.3 is 9.47 Å². The van der Waals surface area contributed by atoms with Crippen molar-refractivity contribution >= 4 is 0 Å². The van der Waals surface area contributed by atoms with Crippen LogP contribution >= 0.6 is 0 Å². The maximum Gasteiger partial charge on any atom is 0.440 e. The normalized spacial score (nSPS) is 12.5. The molecule has 68 valence electrons. The van der Waals surface area contributed by atoms with Crippen LogP contribution in [0.15, 0.2) is 0 Å². The fourth-order valence-corrected chi connectivity index (χ4v) is 0.540. The van der Waals surface area contributed by atoms with E-state index in [1.807, 2.05) is 0 Å². The number of ether oxygens (including phenoxy) is 2. The Balaban J connectivity index is 3.88. The van der Waals surface area contributed by atoms with Gasteiger partial charge in [-0.05, 0) is 13.8 Å². The van der Waals surface area contributed by atoms with Crippen LogP contribution in [0.4, 0.5) is 13.2 Å². The minimum atomic E-state index is -4.42. The first-order valence-corrected chi connectivity index (χ1v) is 3.32. The van der Waals surface area contributed by atoms with Crippen molar-refractivity contribution in [3.8, 4) is 0 Å². The van der Waals surface area contributed by atoms with Gasteiger partial charge in [-0.1, -0.05) is 0 Å². The van der Waals surface area contributed by atoms with Crippen LogP contribution < -0.4 is 0 Å². The SMILES string of the molecule is CCOC(OCC)C(F)(F)F. The minimum absolute atomic E-state index is 0.00975. The maximum atomic E-state index is 11.8. The molecule has 0 rings (SSSR count). The molecular formula is C6H11F3O2. The van der Waals surface area contributed by atoms with Gasteiger partial charge in [0.1, 0.15) is 0 Å². The molecule has 0 N–H and O–H groups in total. The van der Waals surface area contributed by atoms with E-state index < -0.39 is 12.5 Å². The zero-order valence-electron chi connectivity index (χ0n) is 6.44. The quantitative estimate of drug-likeness (QED) is 0.603. The summed E-state index contributed by atoms with van der Waals surface area (Å²) in [6.07, 6.45) is -6.50. The summed E-state index contributed by atoms with van der Waals surface area (Å²) < 4.78 is 44.1. The van der Waals surface area contributed by atoms with E-state index >= 15 is 0 Å². The van der Waals surface area contributed by atoms with Gasteiger partial charge >= 0.3 is 6.18 Å². The van der Waals surface area contributed by atoms with E-state index in [4.69, 9.17) is 0 Å². The molecule has 0 fully saturated rings. The van der Waals surface area contributed by atoms with Crippen LogP contribution in [-0.4, -0.2) is 25.7 Å². The summed E-state index contributed by atoms with van der Waals surface area (Å²) in [5.74, 6) is 0. The lowest BCUT2D eigenvalue weighted by Crippen LogP contribution is -2.34. The van der Waals surface area contributed by atoms with Crippen molar-refractivity contribution in [2.45, 2.75) is 26.3 Å². The minimum Gasteiger partial charge on any atom is -0.345 e. The van der Waals surface area contributed by atoms with Gasteiger partial charge in [0.2, 0.25) is 0 Å². The molecule has 0 bridgehead atoms. The molecule has 0 amide bonds. The first-order valence-electron chi connectivity index (χ1n) is 3.32. The average molecular weight is 172 g/mol. The highest BCUT2D eigenvalue weighted by atomic mass is 19.4. The van der Waals surface area contributed by atoms with Crippen LogP contribution in [0.1, 0.15) is 13.8 Å². The maximum absolute atomic E-state index is 11.8. The standard InChI is InChI=1S/C6H11F3O2/c1-3-10-5(11-4-2)6(7,8)9/h5H,3-4H2,1-2H3. The Bertz CT molecular complexity index is 96.5. The third kappa shape index (κ3) is 4.21. The summed E-state index contributed by atoms with van der Waals surface area (Å²) in [6.45, 7) is 2.95. The molecule has 11 heavy (non-hydrogen) atoms. The molecule has 0 saturated heterocycles. The van der Waals surface area contributed by atoms with Gasteiger partial charge in [-0.15, -0.1) is 0 Å². The largest absolute Gasteiger partial charge is 0.440 e. The lowest BCUT2D eigenvalue weighted by atomic mass is 10.6. The van der Waals surface area contributed by atoms with Crippen LogP contribution in [-0.2, 0) is 9.47 Å². The van der Waals surface area contributed by atoms with Gasteiger partial charge in [0, 0.05) is 13.2 Å². The molecule has 0 aliphatic rings. The summed E-state index contributed by atoms with van der Waals surface area (Å²) in [4.78, 5) is 0. The Morgan fingerprint density at radius 2 is 1.45 bits per heavy atom. The number of halogens is 3. The van der Waals surface area contributed by atoms with Gasteiger partial charge in [0.25, 0.3) is 6.29 Å². The van der Waals surface area contributed by atoms with Gasteiger partial charge in [-0.25, -0.2) is 0 Å². The number of alkyl halides is 3. The highest BCUT2D eigenvalue weighted by Crippen LogP contribution is 2.23. The molecule has 0 aromatic rings. The van der Waals surface area contributed by atoms with Crippen molar-refractivity contribution in [2.75, 3.05) is 13.2 Å². The average Bonchev–Trinajstić information content (AvgIpc) is 1.85.